The van der Waals surface area contributed by atoms with E-state index in [9.17, 15) is 9.59 Å². The van der Waals surface area contributed by atoms with Crippen LogP contribution in [-0.4, -0.2) is 52.8 Å². The number of aryl methyl sites for hydroxylation is 1. The molecule has 0 saturated carbocycles. The molecule has 138 valence electrons. The third-order valence-corrected chi connectivity index (χ3v) is 6.01. The second kappa shape index (κ2) is 8.66. The second-order valence-corrected chi connectivity index (χ2v) is 8.22. The number of nitrogens with one attached hydrogen (secondary N) is 1. The van der Waals surface area contributed by atoms with Crippen molar-refractivity contribution in [3.63, 3.8) is 0 Å². The van der Waals surface area contributed by atoms with E-state index in [4.69, 9.17) is 5.73 Å². The van der Waals surface area contributed by atoms with Crippen LogP contribution in [0.2, 0.25) is 0 Å². The van der Waals surface area contributed by atoms with E-state index in [0.717, 1.165) is 35.2 Å². The zero-order valence-electron chi connectivity index (χ0n) is 14.7. The quantitative estimate of drug-likeness (QED) is 0.818. The fraction of sp³-hybridized carbons (Fsp3) is 0.389. The molecule has 1 aromatic heterocycles. The van der Waals surface area contributed by atoms with Crippen LogP contribution in [0, 0.1) is 6.92 Å². The molecule has 2 aromatic rings. The number of thiazole rings is 1. The molecule has 8 heteroatoms. The number of nitrogens with zero attached hydrogens (tertiary/aromatic N) is 2. The van der Waals surface area contributed by atoms with Crippen LogP contribution >= 0.6 is 23.1 Å². The molecule has 0 spiro atoms. The summed E-state index contributed by atoms with van der Waals surface area (Å²) in [6.07, 6.45) is 0.669. The molecule has 1 aliphatic heterocycles. The van der Waals surface area contributed by atoms with Crippen LogP contribution in [0.15, 0.2) is 23.6 Å². The standard InChI is InChI=1S/C18H22N4O2S2/c1-12-10-13(18(24)22-6-8-25-9-7-22)2-3-14(12)21-17(23)15-11-26-16(20-15)4-5-19/h2-3,10-11H,4-9,19H2,1H3,(H,21,23). The summed E-state index contributed by atoms with van der Waals surface area (Å²) in [6, 6.07) is 5.39. The SMILES string of the molecule is Cc1cc(C(=O)N2CCSCC2)ccc1NC(=O)c1csc(CCN)n1. The Bertz CT molecular complexity index is 800. The zero-order valence-corrected chi connectivity index (χ0v) is 16.3. The Hall–Kier alpha value is -1.90. The fourth-order valence-electron chi connectivity index (χ4n) is 2.73. The van der Waals surface area contributed by atoms with Crippen molar-refractivity contribution < 1.29 is 9.59 Å². The lowest BCUT2D eigenvalue weighted by molar-refractivity contribution is 0.0772. The first-order chi connectivity index (χ1) is 12.6. The number of carbonyl (C=O) groups excluding carboxylic acids is 2. The largest absolute Gasteiger partial charge is 0.337 e. The second-order valence-electron chi connectivity index (χ2n) is 6.05. The predicted octanol–water partition coefficient (Wildman–Crippen LogP) is 2.39. The highest BCUT2D eigenvalue weighted by Crippen LogP contribution is 2.20. The molecular formula is C18H22N4O2S2. The van der Waals surface area contributed by atoms with Gasteiger partial charge >= 0.3 is 0 Å². The third kappa shape index (κ3) is 4.44. The van der Waals surface area contributed by atoms with Crippen LogP contribution in [0.4, 0.5) is 5.69 Å². The van der Waals surface area contributed by atoms with Crippen LogP contribution in [-0.2, 0) is 6.42 Å². The smallest absolute Gasteiger partial charge is 0.275 e. The summed E-state index contributed by atoms with van der Waals surface area (Å²) in [5, 5.41) is 5.47. The van der Waals surface area contributed by atoms with Crippen LogP contribution in [0.25, 0.3) is 0 Å². The number of amides is 2. The van der Waals surface area contributed by atoms with Crippen molar-refractivity contribution in [2.45, 2.75) is 13.3 Å². The molecule has 3 rings (SSSR count). The van der Waals surface area contributed by atoms with Gasteiger partial charge in [0, 0.05) is 47.6 Å². The van der Waals surface area contributed by atoms with Gasteiger partial charge in [0.2, 0.25) is 0 Å². The van der Waals surface area contributed by atoms with Gasteiger partial charge in [-0.25, -0.2) is 4.98 Å². The van der Waals surface area contributed by atoms with Gasteiger partial charge in [-0.3, -0.25) is 9.59 Å². The lowest BCUT2D eigenvalue weighted by atomic mass is 10.1. The first-order valence-corrected chi connectivity index (χ1v) is 10.6. The number of nitrogens with two attached hydrogens (primary N) is 1. The Kier molecular flexibility index (Phi) is 6.29. The number of aromatic nitrogens is 1. The lowest BCUT2D eigenvalue weighted by Crippen LogP contribution is -2.37. The van der Waals surface area contributed by atoms with E-state index in [-0.39, 0.29) is 11.8 Å². The highest BCUT2D eigenvalue weighted by molar-refractivity contribution is 7.99. The lowest BCUT2D eigenvalue weighted by Gasteiger charge is -2.26. The normalized spacial score (nSPS) is 14.3. The maximum atomic E-state index is 12.6. The first kappa shape index (κ1) is 18.9. The van der Waals surface area contributed by atoms with E-state index >= 15 is 0 Å². The molecule has 1 aromatic carbocycles. The van der Waals surface area contributed by atoms with Crippen molar-refractivity contribution in [1.29, 1.82) is 0 Å². The number of benzene rings is 1. The van der Waals surface area contributed by atoms with Crippen molar-refractivity contribution in [1.82, 2.24) is 9.88 Å². The van der Waals surface area contributed by atoms with Gasteiger partial charge in [0.25, 0.3) is 11.8 Å². The van der Waals surface area contributed by atoms with E-state index in [0.29, 0.717) is 29.9 Å². The number of rotatable bonds is 5. The van der Waals surface area contributed by atoms with Crippen LogP contribution in [0.1, 0.15) is 31.4 Å². The fourth-order valence-corrected chi connectivity index (χ4v) is 4.42. The third-order valence-electron chi connectivity index (χ3n) is 4.16. The summed E-state index contributed by atoms with van der Waals surface area (Å²) in [7, 11) is 0. The van der Waals surface area contributed by atoms with Gasteiger partial charge in [0.15, 0.2) is 0 Å². The number of carbonyl (C=O) groups is 2. The minimum Gasteiger partial charge on any atom is -0.337 e. The van der Waals surface area contributed by atoms with Gasteiger partial charge in [-0.15, -0.1) is 11.3 Å². The molecule has 0 aliphatic carbocycles. The summed E-state index contributed by atoms with van der Waals surface area (Å²) >= 11 is 3.31. The van der Waals surface area contributed by atoms with E-state index in [1.54, 1.807) is 17.5 Å². The summed E-state index contributed by atoms with van der Waals surface area (Å²) in [4.78, 5) is 31.1. The van der Waals surface area contributed by atoms with E-state index < -0.39 is 0 Å². The Balaban J connectivity index is 1.68. The molecule has 1 aliphatic rings. The molecule has 0 atom stereocenters. The Morgan fingerprint density at radius 1 is 1.31 bits per heavy atom. The molecule has 0 radical (unpaired) electrons. The van der Waals surface area contributed by atoms with Crippen molar-refractivity contribution in [2.75, 3.05) is 36.5 Å². The Morgan fingerprint density at radius 2 is 2.08 bits per heavy atom. The molecule has 3 N–H and O–H groups in total. The van der Waals surface area contributed by atoms with Crippen molar-refractivity contribution >= 4 is 40.6 Å². The topological polar surface area (TPSA) is 88.3 Å². The van der Waals surface area contributed by atoms with Crippen molar-refractivity contribution in [3.8, 4) is 0 Å². The van der Waals surface area contributed by atoms with Gasteiger partial charge in [-0.05, 0) is 37.2 Å². The highest BCUT2D eigenvalue weighted by Gasteiger charge is 2.19. The molecule has 0 unspecified atom stereocenters. The molecule has 0 bridgehead atoms. The van der Waals surface area contributed by atoms with Crippen molar-refractivity contribution in [3.05, 3.63) is 45.4 Å². The number of hydrogen-bond acceptors (Lipinski definition) is 6. The molecule has 6 nitrogen and oxygen atoms in total. The summed E-state index contributed by atoms with van der Waals surface area (Å²) in [5.74, 6) is 1.77. The van der Waals surface area contributed by atoms with Gasteiger partial charge in [0.1, 0.15) is 5.69 Å². The van der Waals surface area contributed by atoms with Gasteiger partial charge in [-0.1, -0.05) is 0 Å². The minimum absolute atomic E-state index is 0.0530. The van der Waals surface area contributed by atoms with Crippen LogP contribution in [0.5, 0.6) is 0 Å². The molecule has 2 amide bonds. The zero-order chi connectivity index (χ0) is 18.5. The monoisotopic (exact) mass is 390 g/mol. The molecular weight excluding hydrogens is 368 g/mol. The average molecular weight is 391 g/mol. The highest BCUT2D eigenvalue weighted by atomic mass is 32.2. The summed E-state index contributed by atoms with van der Waals surface area (Å²) in [5.41, 5.74) is 8.11. The maximum Gasteiger partial charge on any atom is 0.275 e. The number of hydrogen-bond donors (Lipinski definition) is 2. The van der Waals surface area contributed by atoms with Crippen LogP contribution < -0.4 is 11.1 Å². The van der Waals surface area contributed by atoms with E-state index in [1.165, 1.54) is 11.3 Å². The van der Waals surface area contributed by atoms with Gasteiger partial charge in [0.05, 0.1) is 5.01 Å². The maximum absolute atomic E-state index is 12.6. The minimum atomic E-state index is -0.250. The van der Waals surface area contributed by atoms with Gasteiger partial charge in [-0.2, -0.15) is 11.8 Å². The molecule has 1 fully saturated rings. The van der Waals surface area contributed by atoms with E-state index in [1.807, 2.05) is 29.7 Å². The molecule has 26 heavy (non-hydrogen) atoms. The molecule has 1 saturated heterocycles. The van der Waals surface area contributed by atoms with Gasteiger partial charge < -0.3 is 16.0 Å². The van der Waals surface area contributed by atoms with Crippen LogP contribution in [0.3, 0.4) is 0 Å². The summed E-state index contributed by atoms with van der Waals surface area (Å²) < 4.78 is 0. The predicted molar refractivity (Wildman–Crippen MR) is 107 cm³/mol. The first-order valence-electron chi connectivity index (χ1n) is 8.52. The summed E-state index contributed by atoms with van der Waals surface area (Å²) in [6.45, 7) is 3.98. The molecule has 2 heterocycles. The Morgan fingerprint density at radius 3 is 2.77 bits per heavy atom. The Labute approximate surface area is 161 Å². The number of anilines is 1. The van der Waals surface area contributed by atoms with E-state index in [2.05, 4.69) is 10.3 Å². The average Bonchev–Trinajstić information content (AvgIpc) is 3.12. The van der Waals surface area contributed by atoms with Crippen molar-refractivity contribution in [2.24, 2.45) is 5.73 Å². The number of thioether (sulfide) groups is 1.